The van der Waals surface area contributed by atoms with Crippen molar-refractivity contribution in [1.29, 1.82) is 0 Å². The Morgan fingerprint density at radius 1 is 0.319 bits per heavy atom. The monoisotopic (exact) mass is 601 g/mol. The van der Waals surface area contributed by atoms with Gasteiger partial charge in [0.25, 0.3) is 0 Å². The van der Waals surface area contributed by atoms with E-state index in [-0.39, 0.29) is 0 Å². The average molecular weight is 602 g/mol. The highest BCUT2D eigenvalue weighted by atomic mass is 16.3. The molecule has 0 aliphatic rings. The molecule has 220 valence electrons. The maximum atomic E-state index is 6.37. The van der Waals surface area contributed by atoms with E-state index in [0.717, 1.165) is 66.3 Å². The van der Waals surface area contributed by atoms with E-state index in [1.54, 1.807) is 0 Å². The van der Waals surface area contributed by atoms with Gasteiger partial charge in [-0.3, -0.25) is 0 Å². The fourth-order valence-corrected chi connectivity index (χ4v) is 7.20. The predicted octanol–water partition coefficient (Wildman–Crippen LogP) is 12.9. The molecule has 0 aliphatic heterocycles. The lowest BCUT2D eigenvalue weighted by molar-refractivity contribution is 0.669. The minimum atomic E-state index is 0.868. The van der Waals surface area contributed by atoms with E-state index >= 15 is 0 Å². The quantitative estimate of drug-likeness (QED) is 0.188. The van der Waals surface area contributed by atoms with Gasteiger partial charge in [0.1, 0.15) is 22.3 Å². The van der Waals surface area contributed by atoms with Gasteiger partial charge in [-0.25, -0.2) is 0 Å². The fraction of sp³-hybridized carbons (Fsp3) is 0. The van der Waals surface area contributed by atoms with Crippen molar-refractivity contribution >= 4 is 82.5 Å². The summed E-state index contributed by atoms with van der Waals surface area (Å²) < 4.78 is 12.7. The summed E-state index contributed by atoms with van der Waals surface area (Å²) in [5, 5.41) is 9.22. The molecule has 10 rings (SSSR count). The first kappa shape index (κ1) is 26.0. The summed E-state index contributed by atoms with van der Waals surface area (Å²) in [4.78, 5) is 2.34. The third kappa shape index (κ3) is 4.07. The van der Waals surface area contributed by atoms with Crippen molar-refractivity contribution < 1.29 is 8.83 Å². The average Bonchev–Trinajstić information content (AvgIpc) is 3.69. The van der Waals surface area contributed by atoms with Crippen LogP contribution >= 0.6 is 0 Å². The van der Waals surface area contributed by atoms with Crippen LogP contribution in [0.2, 0.25) is 0 Å². The van der Waals surface area contributed by atoms with Crippen LogP contribution in [0, 0.1) is 0 Å². The molecule has 10 aromatic rings. The molecule has 3 heteroatoms. The molecule has 3 nitrogen and oxygen atoms in total. The molecule has 2 heterocycles. The highest BCUT2D eigenvalue weighted by Gasteiger charge is 2.19. The van der Waals surface area contributed by atoms with Crippen LogP contribution < -0.4 is 4.90 Å². The molecule has 0 unspecified atom stereocenters. The molecular formula is C44H27NO2. The number of hydrogen-bond acceptors (Lipinski definition) is 3. The normalized spacial score (nSPS) is 11.8. The molecule has 0 saturated heterocycles. The number of furan rings is 2. The zero-order chi connectivity index (χ0) is 30.9. The highest BCUT2D eigenvalue weighted by molar-refractivity contribution is 6.18. The van der Waals surface area contributed by atoms with Gasteiger partial charge in [0.05, 0.1) is 5.69 Å². The molecule has 0 saturated carbocycles. The van der Waals surface area contributed by atoms with Crippen LogP contribution in [0.25, 0.3) is 76.5 Å². The van der Waals surface area contributed by atoms with Crippen molar-refractivity contribution in [2.45, 2.75) is 0 Å². The Morgan fingerprint density at radius 2 is 0.915 bits per heavy atom. The van der Waals surface area contributed by atoms with Crippen molar-refractivity contribution in [3.63, 3.8) is 0 Å². The van der Waals surface area contributed by atoms with Crippen LogP contribution in [0.3, 0.4) is 0 Å². The Kier molecular flexibility index (Phi) is 5.57. The number of para-hydroxylation sites is 2. The van der Waals surface area contributed by atoms with Crippen molar-refractivity contribution in [3.05, 3.63) is 164 Å². The highest BCUT2D eigenvalue weighted by Crippen LogP contribution is 2.44. The van der Waals surface area contributed by atoms with Gasteiger partial charge in [-0.1, -0.05) is 103 Å². The molecule has 0 atom stereocenters. The van der Waals surface area contributed by atoms with Crippen molar-refractivity contribution in [2.75, 3.05) is 4.90 Å². The van der Waals surface area contributed by atoms with Gasteiger partial charge in [-0.05, 0) is 81.9 Å². The summed E-state index contributed by atoms with van der Waals surface area (Å²) >= 11 is 0. The first-order valence-corrected chi connectivity index (χ1v) is 15.9. The zero-order valence-electron chi connectivity index (χ0n) is 25.4. The molecule has 0 fully saturated rings. The van der Waals surface area contributed by atoms with Gasteiger partial charge in [-0.15, -0.1) is 0 Å². The number of hydrogen-bond donors (Lipinski definition) is 0. The number of benzene rings is 8. The fourth-order valence-electron chi connectivity index (χ4n) is 7.20. The molecule has 0 aliphatic carbocycles. The number of anilines is 3. The molecular weight excluding hydrogens is 574 g/mol. The second kappa shape index (κ2) is 10.1. The SMILES string of the molecule is c1ccc(-c2ccc(N(c3ccc4c(c3)oc3ccccc34)c3cccc4c3ccc3cc5c(cc34)oc3ccccc35)cc2)cc1. The number of rotatable bonds is 4. The Hall–Kier alpha value is -6.32. The standard InChI is InChI=1S/C44H27NO2/c1-2-9-28(10-3-1)29-17-20-31(21-18-29)45(32-22-24-37-35-11-4-6-15-41(35)46-43(37)26-32)40-14-8-13-33-34(40)23-19-30-25-39-36-12-5-7-16-42(36)47-44(39)27-38(30)33/h1-27H. The molecule has 8 aromatic carbocycles. The van der Waals surface area contributed by atoms with Crippen LogP contribution in [-0.4, -0.2) is 0 Å². The maximum Gasteiger partial charge on any atom is 0.137 e. The van der Waals surface area contributed by atoms with Gasteiger partial charge in [-0.2, -0.15) is 0 Å². The van der Waals surface area contributed by atoms with E-state index in [1.807, 2.05) is 24.3 Å². The van der Waals surface area contributed by atoms with E-state index < -0.39 is 0 Å². The van der Waals surface area contributed by atoms with E-state index in [4.69, 9.17) is 8.83 Å². The third-order valence-corrected chi connectivity index (χ3v) is 9.45. The third-order valence-electron chi connectivity index (χ3n) is 9.45. The molecule has 0 radical (unpaired) electrons. The van der Waals surface area contributed by atoms with Gasteiger partial charge < -0.3 is 13.7 Å². The summed E-state index contributed by atoms with van der Waals surface area (Å²) in [6.45, 7) is 0. The Bertz CT molecular complexity index is 2790. The second-order valence-electron chi connectivity index (χ2n) is 12.1. The maximum absolute atomic E-state index is 6.37. The Morgan fingerprint density at radius 3 is 1.70 bits per heavy atom. The van der Waals surface area contributed by atoms with Crippen LogP contribution in [0.1, 0.15) is 0 Å². The van der Waals surface area contributed by atoms with Crippen LogP contribution in [-0.2, 0) is 0 Å². The summed E-state index contributed by atoms with van der Waals surface area (Å²) in [7, 11) is 0. The summed E-state index contributed by atoms with van der Waals surface area (Å²) in [5.41, 5.74) is 9.15. The van der Waals surface area contributed by atoms with Crippen LogP contribution in [0.5, 0.6) is 0 Å². The smallest absolute Gasteiger partial charge is 0.137 e. The Balaban J connectivity index is 1.20. The van der Waals surface area contributed by atoms with Gasteiger partial charge >= 0.3 is 0 Å². The number of nitrogens with zero attached hydrogens (tertiary/aromatic N) is 1. The van der Waals surface area contributed by atoms with E-state index in [2.05, 4.69) is 144 Å². The first-order chi connectivity index (χ1) is 23.3. The zero-order valence-corrected chi connectivity index (χ0v) is 25.4. The molecule has 0 spiro atoms. The van der Waals surface area contributed by atoms with Gasteiger partial charge in [0.15, 0.2) is 0 Å². The molecule has 0 N–H and O–H groups in total. The van der Waals surface area contributed by atoms with Crippen LogP contribution in [0.4, 0.5) is 17.1 Å². The molecule has 0 bridgehead atoms. The van der Waals surface area contributed by atoms with Crippen molar-refractivity contribution in [2.24, 2.45) is 0 Å². The number of fused-ring (bicyclic) bond motifs is 9. The van der Waals surface area contributed by atoms with E-state index in [9.17, 15) is 0 Å². The lowest BCUT2D eigenvalue weighted by atomic mass is 9.98. The first-order valence-electron chi connectivity index (χ1n) is 15.9. The van der Waals surface area contributed by atoms with Crippen molar-refractivity contribution in [3.8, 4) is 11.1 Å². The minimum absolute atomic E-state index is 0.868. The second-order valence-corrected chi connectivity index (χ2v) is 12.1. The largest absolute Gasteiger partial charge is 0.456 e. The summed E-state index contributed by atoms with van der Waals surface area (Å²) in [6, 6.07) is 57.9. The summed E-state index contributed by atoms with van der Waals surface area (Å²) in [6.07, 6.45) is 0. The van der Waals surface area contributed by atoms with E-state index in [0.29, 0.717) is 0 Å². The molecule has 47 heavy (non-hydrogen) atoms. The van der Waals surface area contributed by atoms with Gasteiger partial charge in [0.2, 0.25) is 0 Å². The predicted molar refractivity (Wildman–Crippen MR) is 196 cm³/mol. The molecule has 0 amide bonds. The minimum Gasteiger partial charge on any atom is -0.456 e. The Labute approximate surface area is 270 Å². The lowest BCUT2D eigenvalue weighted by Gasteiger charge is -2.27. The molecule has 2 aromatic heterocycles. The van der Waals surface area contributed by atoms with Crippen molar-refractivity contribution in [1.82, 2.24) is 0 Å². The van der Waals surface area contributed by atoms with Gasteiger partial charge in [0, 0.05) is 44.4 Å². The van der Waals surface area contributed by atoms with E-state index in [1.165, 1.54) is 27.3 Å². The van der Waals surface area contributed by atoms with Crippen LogP contribution in [0.15, 0.2) is 173 Å². The lowest BCUT2D eigenvalue weighted by Crippen LogP contribution is -2.10. The topological polar surface area (TPSA) is 29.5 Å². The summed E-state index contributed by atoms with van der Waals surface area (Å²) in [5.74, 6) is 0.